The first-order valence-corrected chi connectivity index (χ1v) is 3.42. The molecular weight excluding hydrogens is 96.1 g/mol. The molecule has 0 aromatic carbocycles. The van der Waals surface area contributed by atoms with Gasteiger partial charge in [0.15, 0.2) is 0 Å². The first-order chi connectivity index (χ1) is 3.84. The van der Waals surface area contributed by atoms with Crippen molar-refractivity contribution in [2.45, 2.75) is 26.7 Å². The lowest BCUT2D eigenvalue weighted by atomic mass is 9.96. The zero-order chi connectivity index (χ0) is 5.98. The summed E-state index contributed by atoms with van der Waals surface area (Å²) in [4.78, 5) is 0. The smallest absolute Gasteiger partial charge is 0.0136 e. The Hall–Kier alpha value is -0.260. The molecule has 1 rings (SSSR count). The molecule has 45 valence electrons. The zero-order valence-electron chi connectivity index (χ0n) is 5.65. The van der Waals surface area contributed by atoms with Crippen molar-refractivity contribution in [3.8, 4) is 0 Å². The molecule has 0 aromatic heterocycles. The molecule has 0 spiro atoms. The van der Waals surface area contributed by atoms with E-state index >= 15 is 0 Å². The molecular formula is C8H13. The molecule has 1 aliphatic carbocycles. The van der Waals surface area contributed by atoms with Gasteiger partial charge < -0.3 is 0 Å². The molecule has 2 atom stereocenters. The van der Waals surface area contributed by atoms with Crippen LogP contribution < -0.4 is 0 Å². The van der Waals surface area contributed by atoms with E-state index < -0.39 is 0 Å². The van der Waals surface area contributed by atoms with E-state index in [9.17, 15) is 0 Å². The summed E-state index contributed by atoms with van der Waals surface area (Å²) in [5.41, 5.74) is 0. The highest BCUT2D eigenvalue weighted by Gasteiger charge is 2.15. The third-order valence-corrected chi connectivity index (χ3v) is 1.95. The SMILES string of the molecule is CC[C@@H]1[C]=CC[C@@H]1C. The van der Waals surface area contributed by atoms with Crippen LogP contribution in [0.1, 0.15) is 26.7 Å². The summed E-state index contributed by atoms with van der Waals surface area (Å²) in [5.74, 6) is 1.62. The Morgan fingerprint density at radius 2 is 2.50 bits per heavy atom. The number of hydrogen-bond acceptors (Lipinski definition) is 0. The van der Waals surface area contributed by atoms with E-state index in [1.54, 1.807) is 0 Å². The van der Waals surface area contributed by atoms with E-state index in [4.69, 9.17) is 0 Å². The van der Waals surface area contributed by atoms with Crippen LogP contribution >= 0.6 is 0 Å². The second kappa shape index (κ2) is 2.34. The molecule has 1 radical (unpaired) electrons. The Kier molecular flexibility index (Phi) is 1.72. The van der Waals surface area contributed by atoms with Crippen molar-refractivity contribution in [2.24, 2.45) is 11.8 Å². The number of hydrogen-bond donors (Lipinski definition) is 0. The van der Waals surface area contributed by atoms with Crippen LogP contribution in [0, 0.1) is 17.9 Å². The van der Waals surface area contributed by atoms with Crippen molar-refractivity contribution in [1.82, 2.24) is 0 Å². The standard InChI is InChI=1S/C8H13/c1-3-8-6-4-5-7(8)2/h4,7-8H,3,5H2,1-2H3/t7-,8+/m0/s1. The molecule has 0 unspecified atom stereocenters. The van der Waals surface area contributed by atoms with Crippen molar-refractivity contribution in [3.05, 3.63) is 12.2 Å². The minimum atomic E-state index is 0.759. The maximum absolute atomic E-state index is 3.33. The van der Waals surface area contributed by atoms with Crippen LogP contribution in [-0.2, 0) is 0 Å². The van der Waals surface area contributed by atoms with E-state index in [1.165, 1.54) is 12.8 Å². The largest absolute Gasteiger partial charge is 0.0805 e. The molecule has 1 aliphatic rings. The van der Waals surface area contributed by atoms with Crippen molar-refractivity contribution in [2.75, 3.05) is 0 Å². The molecule has 0 aliphatic heterocycles. The van der Waals surface area contributed by atoms with E-state index in [0.29, 0.717) is 0 Å². The van der Waals surface area contributed by atoms with Gasteiger partial charge in [0, 0.05) is 0 Å². The third kappa shape index (κ3) is 0.936. The van der Waals surface area contributed by atoms with E-state index in [1.807, 2.05) is 0 Å². The molecule has 0 saturated heterocycles. The lowest BCUT2D eigenvalue weighted by Crippen LogP contribution is -2.01. The molecule has 0 bridgehead atoms. The third-order valence-electron chi connectivity index (χ3n) is 1.95. The monoisotopic (exact) mass is 109 g/mol. The van der Waals surface area contributed by atoms with Gasteiger partial charge in [-0.25, -0.2) is 0 Å². The van der Waals surface area contributed by atoms with Gasteiger partial charge >= 0.3 is 0 Å². The summed E-state index contributed by atoms with van der Waals surface area (Å²) in [6.45, 7) is 4.53. The minimum absolute atomic E-state index is 0.759. The van der Waals surface area contributed by atoms with E-state index in [-0.39, 0.29) is 0 Å². The molecule has 0 fully saturated rings. The first-order valence-electron chi connectivity index (χ1n) is 3.42. The Labute approximate surface area is 51.6 Å². The van der Waals surface area contributed by atoms with Gasteiger partial charge in [-0.2, -0.15) is 0 Å². The average Bonchev–Trinajstić information content (AvgIpc) is 2.14. The van der Waals surface area contributed by atoms with Gasteiger partial charge in [0.05, 0.1) is 0 Å². The molecule has 0 N–H and O–H groups in total. The Balaban J connectivity index is 2.41. The quantitative estimate of drug-likeness (QED) is 0.485. The van der Waals surface area contributed by atoms with Gasteiger partial charge in [0.1, 0.15) is 0 Å². The molecule has 0 heterocycles. The summed E-state index contributed by atoms with van der Waals surface area (Å²) in [6.07, 6.45) is 8.02. The fourth-order valence-electron chi connectivity index (χ4n) is 1.25. The topological polar surface area (TPSA) is 0 Å². The summed E-state index contributed by atoms with van der Waals surface area (Å²) in [7, 11) is 0. The van der Waals surface area contributed by atoms with Crippen LogP contribution in [0.5, 0.6) is 0 Å². The predicted molar refractivity (Wildman–Crippen MR) is 35.4 cm³/mol. The summed E-state index contributed by atoms with van der Waals surface area (Å²) in [6, 6.07) is 0. The Bertz CT molecular complexity index is 92.2. The predicted octanol–water partition coefficient (Wildman–Crippen LogP) is 2.41. The zero-order valence-corrected chi connectivity index (χ0v) is 5.65. The lowest BCUT2D eigenvalue weighted by molar-refractivity contribution is 0.442. The van der Waals surface area contributed by atoms with Crippen LogP contribution in [0.15, 0.2) is 6.08 Å². The highest BCUT2D eigenvalue weighted by molar-refractivity contribution is 4.92. The lowest BCUT2D eigenvalue weighted by Gasteiger charge is -2.09. The van der Waals surface area contributed by atoms with E-state index in [0.717, 1.165) is 11.8 Å². The maximum atomic E-state index is 3.33. The van der Waals surface area contributed by atoms with Crippen LogP contribution in [0.3, 0.4) is 0 Å². The highest BCUT2D eigenvalue weighted by atomic mass is 14.2. The van der Waals surface area contributed by atoms with Crippen molar-refractivity contribution in [3.63, 3.8) is 0 Å². The normalized spacial score (nSPS) is 36.2. The minimum Gasteiger partial charge on any atom is -0.0805 e. The number of rotatable bonds is 1. The van der Waals surface area contributed by atoms with Gasteiger partial charge in [0.2, 0.25) is 0 Å². The molecule has 8 heavy (non-hydrogen) atoms. The highest BCUT2D eigenvalue weighted by Crippen LogP contribution is 2.25. The first kappa shape index (κ1) is 5.87. The molecule has 0 nitrogen and oxygen atoms in total. The van der Waals surface area contributed by atoms with Gasteiger partial charge in [0.25, 0.3) is 0 Å². The molecule has 0 amide bonds. The second-order valence-electron chi connectivity index (χ2n) is 2.60. The van der Waals surface area contributed by atoms with Crippen molar-refractivity contribution < 1.29 is 0 Å². The molecule has 0 aromatic rings. The average molecular weight is 109 g/mol. The van der Waals surface area contributed by atoms with Crippen LogP contribution in [-0.4, -0.2) is 0 Å². The van der Waals surface area contributed by atoms with E-state index in [2.05, 4.69) is 26.0 Å². The van der Waals surface area contributed by atoms with Crippen molar-refractivity contribution in [1.29, 1.82) is 0 Å². The van der Waals surface area contributed by atoms with Gasteiger partial charge in [-0.3, -0.25) is 0 Å². The van der Waals surface area contributed by atoms with Crippen LogP contribution in [0.25, 0.3) is 0 Å². The van der Waals surface area contributed by atoms with Crippen LogP contribution in [0.2, 0.25) is 0 Å². The summed E-state index contributed by atoms with van der Waals surface area (Å²) in [5, 5.41) is 0. The summed E-state index contributed by atoms with van der Waals surface area (Å²) < 4.78 is 0. The van der Waals surface area contributed by atoms with Crippen molar-refractivity contribution >= 4 is 0 Å². The second-order valence-corrected chi connectivity index (χ2v) is 2.60. The molecule has 0 heteroatoms. The van der Waals surface area contributed by atoms with Gasteiger partial charge in [-0.1, -0.05) is 19.9 Å². The summed E-state index contributed by atoms with van der Waals surface area (Å²) >= 11 is 0. The fourth-order valence-corrected chi connectivity index (χ4v) is 1.25. The molecule has 0 saturated carbocycles. The van der Waals surface area contributed by atoms with Gasteiger partial charge in [-0.05, 0) is 30.8 Å². The maximum Gasteiger partial charge on any atom is -0.0136 e. The van der Waals surface area contributed by atoms with Crippen LogP contribution in [0.4, 0.5) is 0 Å². The van der Waals surface area contributed by atoms with Gasteiger partial charge in [-0.15, -0.1) is 0 Å². The Morgan fingerprint density at radius 1 is 1.75 bits per heavy atom. The number of allylic oxidation sites excluding steroid dienone is 2. The Morgan fingerprint density at radius 3 is 2.75 bits per heavy atom. The fraction of sp³-hybridized carbons (Fsp3) is 0.750.